The maximum Gasteiger partial charge on any atom is 0.228 e. The average Bonchev–Trinajstić information content (AvgIpc) is 2.34. The van der Waals surface area contributed by atoms with Crippen molar-refractivity contribution < 1.29 is 9.59 Å². The van der Waals surface area contributed by atoms with Gasteiger partial charge in [-0.15, -0.1) is 0 Å². The Kier molecular flexibility index (Phi) is 6.54. The lowest BCUT2D eigenvalue weighted by Gasteiger charge is -2.04. The molecule has 3 N–H and O–H groups in total. The van der Waals surface area contributed by atoms with Crippen molar-refractivity contribution in [1.82, 2.24) is 5.32 Å². The molecular formula is C14H19N2O2. The Hall–Kier alpha value is -1.84. The molecule has 4 heteroatoms. The van der Waals surface area contributed by atoms with Gasteiger partial charge in [-0.3, -0.25) is 9.59 Å². The molecule has 0 saturated heterocycles. The highest BCUT2D eigenvalue weighted by atomic mass is 16.1. The summed E-state index contributed by atoms with van der Waals surface area (Å²) < 4.78 is 0. The monoisotopic (exact) mass is 247 g/mol. The number of hydrogen-bond donors (Lipinski definition) is 2. The molecular weight excluding hydrogens is 228 g/mol. The SMILES string of the molecule is NC(=O)CCCCCNC(=O)[CH]c1ccccc1. The second kappa shape index (κ2) is 8.28. The number of hydrogen-bond acceptors (Lipinski definition) is 2. The zero-order valence-electron chi connectivity index (χ0n) is 10.4. The maximum absolute atomic E-state index is 11.5. The molecule has 0 aliphatic carbocycles. The third-order valence-electron chi connectivity index (χ3n) is 2.50. The minimum atomic E-state index is -0.267. The van der Waals surface area contributed by atoms with Crippen LogP contribution in [0.3, 0.4) is 0 Å². The summed E-state index contributed by atoms with van der Waals surface area (Å²) in [6.45, 7) is 0.626. The van der Waals surface area contributed by atoms with Crippen LogP contribution in [-0.2, 0) is 9.59 Å². The van der Waals surface area contributed by atoms with Crippen LogP contribution in [-0.4, -0.2) is 18.4 Å². The maximum atomic E-state index is 11.5. The summed E-state index contributed by atoms with van der Waals surface area (Å²) in [5, 5.41) is 2.81. The van der Waals surface area contributed by atoms with Crippen molar-refractivity contribution in [3.8, 4) is 0 Å². The highest BCUT2D eigenvalue weighted by Crippen LogP contribution is 2.02. The van der Waals surface area contributed by atoms with E-state index in [1.165, 1.54) is 0 Å². The molecule has 4 nitrogen and oxygen atoms in total. The molecule has 1 aromatic carbocycles. The predicted molar refractivity (Wildman–Crippen MR) is 70.5 cm³/mol. The van der Waals surface area contributed by atoms with E-state index >= 15 is 0 Å². The fraction of sp³-hybridized carbons (Fsp3) is 0.357. The van der Waals surface area contributed by atoms with Gasteiger partial charge in [-0.05, 0) is 18.4 Å². The number of unbranched alkanes of at least 4 members (excludes halogenated alkanes) is 2. The first-order valence-electron chi connectivity index (χ1n) is 6.14. The van der Waals surface area contributed by atoms with Gasteiger partial charge in [0, 0.05) is 13.0 Å². The normalized spacial score (nSPS) is 10.0. The van der Waals surface area contributed by atoms with Crippen LogP contribution in [0, 0.1) is 6.42 Å². The van der Waals surface area contributed by atoms with Gasteiger partial charge < -0.3 is 11.1 Å². The molecule has 0 spiro atoms. The zero-order chi connectivity index (χ0) is 13.2. The van der Waals surface area contributed by atoms with Gasteiger partial charge in [0.25, 0.3) is 0 Å². The lowest BCUT2D eigenvalue weighted by Crippen LogP contribution is -2.24. The molecule has 2 amide bonds. The number of amides is 2. The van der Waals surface area contributed by atoms with E-state index in [9.17, 15) is 9.59 Å². The topological polar surface area (TPSA) is 72.2 Å². The number of benzene rings is 1. The Morgan fingerprint density at radius 2 is 1.83 bits per heavy atom. The van der Waals surface area contributed by atoms with Gasteiger partial charge in [0.1, 0.15) is 0 Å². The number of rotatable bonds is 8. The predicted octanol–water partition coefficient (Wildman–Crippen LogP) is 1.40. The van der Waals surface area contributed by atoms with E-state index in [-0.39, 0.29) is 11.8 Å². The quantitative estimate of drug-likeness (QED) is 0.681. The largest absolute Gasteiger partial charge is 0.370 e. The van der Waals surface area contributed by atoms with Gasteiger partial charge in [0.15, 0.2) is 0 Å². The smallest absolute Gasteiger partial charge is 0.228 e. The molecule has 0 saturated carbocycles. The zero-order valence-corrected chi connectivity index (χ0v) is 10.4. The van der Waals surface area contributed by atoms with Crippen LogP contribution in [0.15, 0.2) is 30.3 Å². The molecule has 0 atom stereocenters. The van der Waals surface area contributed by atoms with Gasteiger partial charge in [0.05, 0.1) is 6.42 Å². The van der Waals surface area contributed by atoms with E-state index in [4.69, 9.17) is 5.73 Å². The standard InChI is InChI=1S/C14H19N2O2/c15-13(17)9-5-2-6-10-16-14(18)11-12-7-3-1-4-8-12/h1,3-4,7-8,11H,2,5-6,9-10H2,(H2,15,17)(H,16,18). The van der Waals surface area contributed by atoms with Crippen LogP contribution in [0.25, 0.3) is 0 Å². The number of nitrogens with one attached hydrogen (secondary N) is 1. The van der Waals surface area contributed by atoms with Crippen LogP contribution in [0.5, 0.6) is 0 Å². The molecule has 0 unspecified atom stereocenters. The van der Waals surface area contributed by atoms with Crippen molar-refractivity contribution in [3.05, 3.63) is 42.3 Å². The Morgan fingerprint density at radius 1 is 1.11 bits per heavy atom. The van der Waals surface area contributed by atoms with Crippen LogP contribution < -0.4 is 11.1 Å². The first kappa shape index (κ1) is 14.2. The van der Waals surface area contributed by atoms with E-state index in [0.717, 1.165) is 24.8 Å². The highest BCUT2D eigenvalue weighted by molar-refractivity contribution is 5.88. The molecule has 0 aliphatic rings. The fourth-order valence-electron chi connectivity index (χ4n) is 1.56. The Morgan fingerprint density at radius 3 is 2.50 bits per heavy atom. The van der Waals surface area contributed by atoms with Gasteiger partial charge in [-0.1, -0.05) is 36.8 Å². The highest BCUT2D eigenvalue weighted by Gasteiger charge is 2.02. The summed E-state index contributed by atoms with van der Waals surface area (Å²) >= 11 is 0. The summed E-state index contributed by atoms with van der Waals surface area (Å²) in [6, 6.07) is 9.46. The molecule has 97 valence electrons. The number of primary amides is 1. The molecule has 1 radical (unpaired) electrons. The van der Waals surface area contributed by atoms with E-state index in [2.05, 4.69) is 5.32 Å². The molecule has 0 aliphatic heterocycles. The molecule has 0 aromatic heterocycles. The minimum absolute atomic E-state index is 0.0869. The van der Waals surface area contributed by atoms with E-state index in [1.807, 2.05) is 30.3 Å². The number of carbonyl (C=O) groups is 2. The molecule has 1 rings (SSSR count). The van der Waals surface area contributed by atoms with Crippen LogP contribution in [0.2, 0.25) is 0 Å². The van der Waals surface area contributed by atoms with E-state index in [0.29, 0.717) is 13.0 Å². The number of nitrogens with two attached hydrogens (primary N) is 1. The van der Waals surface area contributed by atoms with Gasteiger partial charge in [-0.2, -0.15) is 0 Å². The lowest BCUT2D eigenvalue weighted by molar-refractivity contribution is -0.118. The van der Waals surface area contributed by atoms with E-state index in [1.54, 1.807) is 6.42 Å². The summed E-state index contributed by atoms with van der Waals surface area (Å²) in [5.41, 5.74) is 5.92. The summed E-state index contributed by atoms with van der Waals surface area (Å²) in [6.07, 6.45) is 4.54. The fourth-order valence-corrected chi connectivity index (χ4v) is 1.56. The number of carbonyl (C=O) groups excluding carboxylic acids is 2. The Bertz CT molecular complexity index is 377. The van der Waals surface area contributed by atoms with Crippen LogP contribution in [0.1, 0.15) is 31.2 Å². The molecule has 1 aromatic rings. The first-order chi connectivity index (χ1) is 8.68. The van der Waals surface area contributed by atoms with Crippen LogP contribution >= 0.6 is 0 Å². The Labute approximate surface area is 108 Å². The third kappa shape index (κ3) is 6.68. The first-order valence-corrected chi connectivity index (χ1v) is 6.14. The second-order valence-electron chi connectivity index (χ2n) is 4.12. The summed E-state index contributed by atoms with van der Waals surface area (Å²) in [4.78, 5) is 22.0. The Balaban J connectivity index is 2.05. The van der Waals surface area contributed by atoms with Crippen molar-refractivity contribution in [2.24, 2.45) is 5.73 Å². The molecule has 0 fully saturated rings. The van der Waals surface area contributed by atoms with Crippen LogP contribution in [0.4, 0.5) is 0 Å². The van der Waals surface area contributed by atoms with Crippen molar-refractivity contribution >= 4 is 11.8 Å². The van der Waals surface area contributed by atoms with Crippen molar-refractivity contribution in [2.75, 3.05) is 6.54 Å². The summed E-state index contributed by atoms with van der Waals surface area (Å²) in [5.74, 6) is -0.354. The average molecular weight is 247 g/mol. The van der Waals surface area contributed by atoms with Crippen molar-refractivity contribution in [2.45, 2.75) is 25.7 Å². The van der Waals surface area contributed by atoms with E-state index < -0.39 is 0 Å². The van der Waals surface area contributed by atoms with Gasteiger partial charge >= 0.3 is 0 Å². The molecule has 0 bridgehead atoms. The lowest BCUT2D eigenvalue weighted by atomic mass is 10.1. The summed E-state index contributed by atoms with van der Waals surface area (Å²) in [7, 11) is 0. The van der Waals surface area contributed by atoms with Gasteiger partial charge in [-0.25, -0.2) is 0 Å². The minimum Gasteiger partial charge on any atom is -0.370 e. The van der Waals surface area contributed by atoms with Gasteiger partial charge in [0.2, 0.25) is 11.8 Å². The molecule has 18 heavy (non-hydrogen) atoms. The van der Waals surface area contributed by atoms with Crippen molar-refractivity contribution in [1.29, 1.82) is 0 Å². The third-order valence-corrected chi connectivity index (χ3v) is 2.50. The molecule has 0 heterocycles. The van der Waals surface area contributed by atoms with Crippen molar-refractivity contribution in [3.63, 3.8) is 0 Å². The second-order valence-corrected chi connectivity index (χ2v) is 4.12.